The molecule has 80 valence electrons. The molecule has 0 fully saturated rings. The minimum Gasteiger partial charge on any atom is -0.337 e. The van der Waals surface area contributed by atoms with Gasteiger partial charge in [0.25, 0.3) is 0 Å². The molecule has 6 nitrogen and oxygen atoms in total. The monoisotopic (exact) mass is 207 g/mol. The van der Waals surface area contributed by atoms with Gasteiger partial charge in [-0.3, -0.25) is 4.68 Å². The summed E-state index contributed by atoms with van der Waals surface area (Å²) in [6, 6.07) is 2.45. The van der Waals surface area contributed by atoms with Crippen LogP contribution in [-0.2, 0) is 13.5 Å². The van der Waals surface area contributed by atoms with Crippen molar-refractivity contribution in [3.63, 3.8) is 0 Å². The molecule has 2 rings (SSSR count). The van der Waals surface area contributed by atoms with Crippen LogP contribution in [0.3, 0.4) is 0 Å². The first-order valence-corrected chi connectivity index (χ1v) is 4.77. The highest BCUT2D eigenvalue weighted by molar-refractivity contribution is 5.18. The molecule has 0 bridgehead atoms. The molecule has 0 aliphatic heterocycles. The number of aromatic nitrogens is 4. The minimum absolute atomic E-state index is 0.462. The summed E-state index contributed by atoms with van der Waals surface area (Å²) >= 11 is 0. The van der Waals surface area contributed by atoms with Gasteiger partial charge in [-0.15, -0.1) is 0 Å². The Morgan fingerprint density at radius 2 is 2.40 bits per heavy atom. The summed E-state index contributed by atoms with van der Waals surface area (Å²) < 4.78 is 6.69. The zero-order chi connectivity index (χ0) is 10.7. The molecule has 0 atom stereocenters. The number of hydrogen-bond donors (Lipinski definition) is 1. The van der Waals surface area contributed by atoms with Crippen LogP contribution in [0.5, 0.6) is 0 Å². The second-order valence-corrected chi connectivity index (χ2v) is 3.30. The van der Waals surface area contributed by atoms with Gasteiger partial charge in [-0.1, -0.05) is 5.16 Å². The summed E-state index contributed by atoms with van der Waals surface area (Å²) in [5.41, 5.74) is 1.04. The molecule has 15 heavy (non-hydrogen) atoms. The van der Waals surface area contributed by atoms with Crippen LogP contribution < -0.4 is 5.32 Å². The van der Waals surface area contributed by atoms with E-state index in [1.54, 1.807) is 11.6 Å². The number of hydrogen-bond acceptors (Lipinski definition) is 5. The smallest absolute Gasteiger partial charge is 0.321 e. The van der Waals surface area contributed by atoms with Gasteiger partial charge in [0.1, 0.15) is 0 Å². The molecule has 2 aromatic rings. The minimum atomic E-state index is 0.462. The van der Waals surface area contributed by atoms with Crippen molar-refractivity contribution in [2.24, 2.45) is 7.05 Å². The lowest BCUT2D eigenvalue weighted by atomic mass is 10.3. The summed E-state index contributed by atoms with van der Waals surface area (Å²) in [6.45, 7) is 2.52. The molecule has 0 saturated carbocycles. The summed E-state index contributed by atoms with van der Waals surface area (Å²) in [4.78, 5) is 4.03. The fourth-order valence-corrected chi connectivity index (χ4v) is 1.26. The maximum atomic E-state index is 4.91. The maximum Gasteiger partial charge on any atom is 0.321 e. The Labute approximate surface area is 87.3 Å². The van der Waals surface area contributed by atoms with E-state index in [2.05, 4.69) is 20.6 Å². The Bertz CT molecular complexity index is 393. The summed E-state index contributed by atoms with van der Waals surface area (Å²) in [5.74, 6) is 0.635. The third-order valence-corrected chi connectivity index (χ3v) is 1.95. The summed E-state index contributed by atoms with van der Waals surface area (Å²) in [7, 11) is 1.90. The van der Waals surface area contributed by atoms with Crippen molar-refractivity contribution in [2.75, 3.05) is 11.9 Å². The molecule has 0 spiro atoms. The normalized spacial score (nSPS) is 10.5. The van der Waals surface area contributed by atoms with Crippen molar-refractivity contribution < 1.29 is 4.52 Å². The summed E-state index contributed by atoms with van der Waals surface area (Å²) in [5, 5.41) is 11.0. The van der Waals surface area contributed by atoms with Crippen molar-refractivity contribution in [3.8, 4) is 0 Å². The maximum absolute atomic E-state index is 4.91. The summed E-state index contributed by atoms with van der Waals surface area (Å²) in [6.07, 6.45) is 2.76. The van der Waals surface area contributed by atoms with Crippen LogP contribution in [0.2, 0.25) is 0 Å². The molecule has 0 amide bonds. The molecule has 0 aliphatic rings. The fraction of sp³-hybridized carbons (Fsp3) is 0.444. The van der Waals surface area contributed by atoms with Crippen LogP contribution in [0.1, 0.15) is 11.5 Å². The first-order chi connectivity index (χ1) is 7.24. The van der Waals surface area contributed by atoms with E-state index < -0.39 is 0 Å². The van der Waals surface area contributed by atoms with Crippen molar-refractivity contribution >= 4 is 6.01 Å². The van der Waals surface area contributed by atoms with E-state index in [0.717, 1.165) is 18.7 Å². The van der Waals surface area contributed by atoms with Crippen LogP contribution in [0.25, 0.3) is 0 Å². The van der Waals surface area contributed by atoms with Crippen LogP contribution in [0.15, 0.2) is 16.8 Å². The number of aryl methyl sites for hydroxylation is 2. The van der Waals surface area contributed by atoms with Crippen LogP contribution in [-0.4, -0.2) is 26.5 Å². The Kier molecular flexibility index (Phi) is 2.66. The molecular formula is C9H13N5O. The van der Waals surface area contributed by atoms with Crippen molar-refractivity contribution in [3.05, 3.63) is 23.8 Å². The van der Waals surface area contributed by atoms with Gasteiger partial charge in [-0.2, -0.15) is 10.1 Å². The third-order valence-electron chi connectivity index (χ3n) is 1.95. The van der Waals surface area contributed by atoms with Crippen LogP contribution in [0.4, 0.5) is 6.01 Å². The quantitative estimate of drug-likeness (QED) is 0.801. The van der Waals surface area contributed by atoms with Gasteiger partial charge < -0.3 is 9.84 Å². The van der Waals surface area contributed by atoms with Crippen molar-refractivity contribution in [2.45, 2.75) is 13.3 Å². The zero-order valence-corrected chi connectivity index (χ0v) is 8.77. The van der Waals surface area contributed by atoms with Gasteiger partial charge in [0.05, 0.1) is 5.69 Å². The van der Waals surface area contributed by atoms with Crippen LogP contribution in [0, 0.1) is 6.92 Å². The van der Waals surface area contributed by atoms with E-state index >= 15 is 0 Å². The predicted molar refractivity (Wildman–Crippen MR) is 54.4 cm³/mol. The number of rotatable bonds is 4. The molecule has 6 heteroatoms. The van der Waals surface area contributed by atoms with Gasteiger partial charge in [-0.25, -0.2) is 0 Å². The van der Waals surface area contributed by atoms with Gasteiger partial charge in [0.2, 0.25) is 0 Å². The first-order valence-electron chi connectivity index (χ1n) is 4.77. The first kappa shape index (κ1) is 9.70. The van der Waals surface area contributed by atoms with Crippen molar-refractivity contribution in [1.29, 1.82) is 0 Å². The average Bonchev–Trinajstić information content (AvgIpc) is 2.76. The zero-order valence-electron chi connectivity index (χ0n) is 8.77. The Morgan fingerprint density at radius 3 is 3.00 bits per heavy atom. The van der Waals surface area contributed by atoms with Gasteiger partial charge in [0, 0.05) is 26.2 Å². The molecule has 0 aliphatic carbocycles. The molecule has 1 N–H and O–H groups in total. The highest BCUT2D eigenvalue weighted by Gasteiger charge is 2.01. The average molecular weight is 207 g/mol. The molecule has 0 radical (unpaired) electrons. The molecular weight excluding hydrogens is 194 g/mol. The van der Waals surface area contributed by atoms with E-state index in [1.807, 2.05) is 19.3 Å². The Hall–Kier alpha value is -1.85. The molecule has 0 aromatic carbocycles. The fourth-order valence-electron chi connectivity index (χ4n) is 1.26. The second kappa shape index (κ2) is 4.12. The van der Waals surface area contributed by atoms with Gasteiger partial charge >= 0.3 is 6.01 Å². The highest BCUT2D eigenvalue weighted by atomic mass is 16.5. The molecule has 2 heterocycles. The largest absolute Gasteiger partial charge is 0.337 e. The van der Waals surface area contributed by atoms with Gasteiger partial charge in [0.15, 0.2) is 5.82 Å². The second-order valence-electron chi connectivity index (χ2n) is 3.30. The van der Waals surface area contributed by atoms with Gasteiger partial charge in [-0.05, 0) is 13.0 Å². The third kappa shape index (κ3) is 2.55. The number of nitrogens with one attached hydrogen (secondary N) is 1. The topological polar surface area (TPSA) is 68.8 Å². The molecule has 2 aromatic heterocycles. The lowest BCUT2D eigenvalue weighted by molar-refractivity contribution is 0.425. The molecule has 0 saturated heterocycles. The lowest BCUT2D eigenvalue weighted by Crippen LogP contribution is -2.05. The Balaban J connectivity index is 1.80. The lowest BCUT2D eigenvalue weighted by Gasteiger charge is -1.97. The van der Waals surface area contributed by atoms with E-state index in [4.69, 9.17) is 4.52 Å². The van der Waals surface area contributed by atoms with Crippen LogP contribution >= 0.6 is 0 Å². The Morgan fingerprint density at radius 1 is 1.53 bits per heavy atom. The van der Waals surface area contributed by atoms with E-state index in [0.29, 0.717) is 11.8 Å². The highest BCUT2D eigenvalue weighted by Crippen LogP contribution is 2.02. The van der Waals surface area contributed by atoms with E-state index in [-0.39, 0.29) is 0 Å². The van der Waals surface area contributed by atoms with Crippen molar-refractivity contribution in [1.82, 2.24) is 19.9 Å². The van der Waals surface area contributed by atoms with E-state index in [9.17, 15) is 0 Å². The predicted octanol–water partition coefficient (Wildman–Crippen LogP) is 0.766. The number of anilines is 1. The number of nitrogens with zero attached hydrogens (tertiary/aromatic N) is 4. The molecule has 0 unspecified atom stereocenters. The standard InChI is InChI=1S/C9H13N5O/c1-7-11-9(15-13-7)10-5-3-8-4-6-14(2)12-8/h4,6H,3,5H2,1-2H3,(H,10,11,13). The van der Waals surface area contributed by atoms with E-state index in [1.165, 1.54) is 0 Å². The SMILES string of the molecule is Cc1noc(NCCc2ccn(C)n2)n1.